The standard InChI is InChI=1S/C21H20FNO5/c1-3-27-28-12-15-10-18(21(24)25)17-9-14(11-23-19(17)20(15)26-2)8-13-4-6-16(22)7-5-13/h4-7,9-11H,3,8,12H2,1-2H3,(H,24,25). The molecular formula is C21H20FNO5. The summed E-state index contributed by atoms with van der Waals surface area (Å²) in [5, 5.41) is 10.1. The van der Waals surface area contributed by atoms with Gasteiger partial charge in [0.25, 0.3) is 0 Å². The van der Waals surface area contributed by atoms with E-state index in [0.717, 1.165) is 11.1 Å². The maximum absolute atomic E-state index is 13.1. The average Bonchev–Trinajstić information content (AvgIpc) is 2.69. The Bertz CT molecular complexity index is 988. The van der Waals surface area contributed by atoms with Gasteiger partial charge in [0.1, 0.15) is 17.9 Å². The summed E-state index contributed by atoms with van der Waals surface area (Å²) in [6.07, 6.45) is 2.16. The second-order valence-corrected chi connectivity index (χ2v) is 6.13. The molecule has 1 aromatic heterocycles. The normalized spacial score (nSPS) is 11.0. The number of hydrogen-bond donors (Lipinski definition) is 1. The predicted octanol–water partition coefficient (Wildman–Crippen LogP) is 4.14. The number of hydrogen-bond acceptors (Lipinski definition) is 5. The zero-order valence-electron chi connectivity index (χ0n) is 15.6. The molecule has 0 saturated heterocycles. The molecular weight excluding hydrogens is 365 g/mol. The van der Waals surface area contributed by atoms with Crippen molar-refractivity contribution in [3.05, 3.63) is 70.7 Å². The van der Waals surface area contributed by atoms with Crippen LogP contribution in [0.5, 0.6) is 5.75 Å². The van der Waals surface area contributed by atoms with E-state index in [1.165, 1.54) is 25.3 Å². The van der Waals surface area contributed by atoms with Crippen LogP contribution < -0.4 is 4.74 Å². The maximum atomic E-state index is 13.1. The maximum Gasteiger partial charge on any atom is 0.336 e. The number of benzene rings is 2. The van der Waals surface area contributed by atoms with Gasteiger partial charge in [0, 0.05) is 17.1 Å². The highest BCUT2D eigenvalue weighted by Gasteiger charge is 2.19. The number of carboxylic acids is 1. The minimum atomic E-state index is -1.08. The lowest BCUT2D eigenvalue weighted by atomic mass is 9.99. The lowest BCUT2D eigenvalue weighted by Crippen LogP contribution is -2.06. The van der Waals surface area contributed by atoms with Crippen molar-refractivity contribution in [2.75, 3.05) is 13.7 Å². The zero-order chi connectivity index (χ0) is 20.1. The van der Waals surface area contributed by atoms with Crippen molar-refractivity contribution in [1.82, 2.24) is 4.98 Å². The number of aromatic carboxylic acids is 1. The summed E-state index contributed by atoms with van der Waals surface area (Å²) in [5.74, 6) is -0.945. The minimum Gasteiger partial charge on any atom is -0.494 e. The van der Waals surface area contributed by atoms with Crippen molar-refractivity contribution >= 4 is 16.9 Å². The summed E-state index contributed by atoms with van der Waals surface area (Å²) in [6, 6.07) is 9.43. The molecule has 6 nitrogen and oxygen atoms in total. The van der Waals surface area contributed by atoms with Crippen molar-refractivity contribution in [2.24, 2.45) is 0 Å². The highest BCUT2D eigenvalue weighted by atomic mass is 19.1. The molecule has 28 heavy (non-hydrogen) atoms. The summed E-state index contributed by atoms with van der Waals surface area (Å²) in [6.45, 7) is 2.18. The highest BCUT2D eigenvalue weighted by molar-refractivity contribution is 6.05. The molecule has 0 spiro atoms. The van der Waals surface area contributed by atoms with Gasteiger partial charge in [-0.05, 0) is 48.7 Å². The molecule has 1 heterocycles. The van der Waals surface area contributed by atoms with Crippen LogP contribution in [0.4, 0.5) is 4.39 Å². The quantitative estimate of drug-likeness (QED) is 0.357. The Labute approximate surface area is 161 Å². The molecule has 2 aromatic carbocycles. The van der Waals surface area contributed by atoms with E-state index >= 15 is 0 Å². The van der Waals surface area contributed by atoms with Crippen LogP contribution in [0.15, 0.2) is 42.6 Å². The molecule has 0 saturated carbocycles. The van der Waals surface area contributed by atoms with Crippen LogP contribution in [0.25, 0.3) is 10.9 Å². The Morgan fingerprint density at radius 2 is 1.89 bits per heavy atom. The third kappa shape index (κ3) is 4.27. The van der Waals surface area contributed by atoms with Crippen molar-refractivity contribution in [1.29, 1.82) is 0 Å². The van der Waals surface area contributed by atoms with E-state index in [1.54, 1.807) is 31.3 Å². The third-order valence-corrected chi connectivity index (χ3v) is 4.23. The first-order valence-corrected chi connectivity index (χ1v) is 8.74. The number of nitrogens with zero attached hydrogens (tertiary/aromatic N) is 1. The molecule has 0 aliphatic heterocycles. The zero-order valence-corrected chi connectivity index (χ0v) is 15.6. The molecule has 3 aromatic rings. The monoisotopic (exact) mass is 385 g/mol. The molecule has 0 amide bonds. The minimum absolute atomic E-state index is 0.0340. The third-order valence-electron chi connectivity index (χ3n) is 4.23. The second kappa shape index (κ2) is 8.77. The number of methoxy groups -OCH3 is 1. The van der Waals surface area contributed by atoms with E-state index in [9.17, 15) is 14.3 Å². The number of halogens is 1. The Morgan fingerprint density at radius 1 is 1.14 bits per heavy atom. The molecule has 7 heteroatoms. The van der Waals surface area contributed by atoms with E-state index in [1.807, 2.05) is 0 Å². The number of fused-ring (bicyclic) bond motifs is 1. The van der Waals surface area contributed by atoms with Crippen LogP contribution in [-0.4, -0.2) is 29.8 Å². The Balaban J connectivity index is 2.05. The number of pyridine rings is 1. The summed E-state index contributed by atoms with van der Waals surface area (Å²) in [7, 11) is 1.49. The number of ether oxygens (including phenoxy) is 1. The number of rotatable bonds is 8. The average molecular weight is 385 g/mol. The molecule has 1 N–H and O–H groups in total. The van der Waals surface area contributed by atoms with Gasteiger partial charge in [0.15, 0.2) is 5.75 Å². The molecule has 0 bridgehead atoms. The van der Waals surface area contributed by atoms with Gasteiger partial charge in [0.05, 0.1) is 19.3 Å². The van der Waals surface area contributed by atoms with Crippen LogP contribution in [0.3, 0.4) is 0 Å². The lowest BCUT2D eigenvalue weighted by molar-refractivity contribution is -0.300. The summed E-state index contributed by atoms with van der Waals surface area (Å²) < 4.78 is 18.6. The van der Waals surface area contributed by atoms with Gasteiger partial charge in [-0.2, -0.15) is 0 Å². The number of carboxylic acid groups (broad SMARTS) is 1. The fourth-order valence-electron chi connectivity index (χ4n) is 3.00. The van der Waals surface area contributed by atoms with E-state index in [0.29, 0.717) is 35.2 Å². The van der Waals surface area contributed by atoms with Gasteiger partial charge in [-0.3, -0.25) is 4.98 Å². The van der Waals surface area contributed by atoms with Gasteiger partial charge in [-0.25, -0.2) is 19.0 Å². The lowest BCUT2D eigenvalue weighted by Gasteiger charge is -2.14. The van der Waals surface area contributed by atoms with Crippen LogP contribution in [0.2, 0.25) is 0 Å². The molecule has 0 fully saturated rings. The first-order chi connectivity index (χ1) is 13.5. The van der Waals surface area contributed by atoms with Crippen molar-refractivity contribution in [2.45, 2.75) is 20.0 Å². The Morgan fingerprint density at radius 3 is 2.54 bits per heavy atom. The van der Waals surface area contributed by atoms with Crippen LogP contribution in [-0.2, 0) is 22.8 Å². The summed E-state index contributed by atoms with van der Waals surface area (Å²) in [5.41, 5.74) is 2.76. The SMILES string of the molecule is CCOOCc1cc(C(=O)O)c2cc(Cc3ccc(F)cc3)cnc2c1OC. The fourth-order valence-corrected chi connectivity index (χ4v) is 3.00. The van der Waals surface area contributed by atoms with Gasteiger partial charge in [-0.15, -0.1) is 0 Å². The van der Waals surface area contributed by atoms with Crippen LogP contribution >= 0.6 is 0 Å². The van der Waals surface area contributed by atoms with Crippen LogP contribution in [0, 0.1) is 5.82 Å². The summed E-state index contributed by atoms with van der Waals surface area (Å²) >= 11 is 0. The van der Waals surface area contributed by atoms with Crippen molar-refractivity contribution < 1.29 is 28.8 Å². The van der Waals surface area contributed by atoms with Gasteiger partial charge < -0.3 is 9.84 Å². The smallest absolute Gasteiger partial charge is 0.336 e. The van der Waals surface area contributed by atoms with Gasteiger partial charge in [-0.1, -0.05) is 12.1 Å². The fraction of sp³-hybridized carbons (Fsp3) is 0.238. The molecule has 0 aliphatic rings. The van der Waals surface area contributed by atoms with Gasteiger partial charge in [0.2, 0.25) is 0 Å². The number of aromatic nitrogens is 1. The van der Waals surface area contributed by atoms with E-state index in [-0.39, 0.29) is 18.0 Å². The molecule has 3 rings (SSSR count). The molecule has 0 unspecified atom stereocenters. The van der Waals surface area contributed by atoms with Gasteiger partial charge >= 0.3 is 5.97 Å². The molecule has 146 valence electrons. The Kier molecular flexibility index (Phi) is 6.18. The molecule has 0 radical (unpaired) electrons. The largest absolute Gasteiger partial charge is 0.494 e. The summed E-state index contributed by atoms with van der Waals surface area (Å²) in [4.78, 5) is 26.2. The van der Waals surface area contributed by atoms with Crippen molar-refractivity contribution in [3.63, 3.8) is 0 Å². The Hall–Kier alpha value is -3.03. The second-order valence-electron chi connectivity index (χ2n) is 6.13. The van der Waals surface area contributed by atoms with E-state index in [2.05, 4.69) is 4.98 Å². The molecule has 0 aliphatic carbocycles. The first kappa shape index (κ1) is 19.7. The number of carbonyl (C=O) groups is 1. The first-order valence-electron chi connectivity index (χ1n) is 8.74. The van der Waals surface area contributed by atoms with Crippen molar-refractivity contribution in [3.8, 4) is 5.75 Å². The topological polar surface area (TPSA) is 77.9 Å². The van der Waals surface area contributed by atoms with E-state index < -0.39 is 5.97 Å². The predicted molar refractivity (Wildman–Crippen MR) is 101 cm³/mol. The van der Waals surface area contributed by atoms with Crippen LogP contribution in [0.1, 0.15) is 34.0 Å². The molecule has 0 atom stereocenters. The van der Waals surface area contributed by atoms with E-state index in [4.69, 9.17) is 14.5 Å². The highest BCUT2D eigenvalue weighted by Crippen LogP contribution is 2.33.